The van der Waals surface area contributed by atoms with Gasteiger partial charge in [0.25, 0.3) is 0 Å². The quantitative estimate of drug-likeness (QED) is 0.746. The number of hydrogen-bond acceptors (Lipinski definition) is 2. The van der Waals surface area contributed by atoms with Gasteiger partial charge in [0.1, 0.15) is 0 Å². The van der Waals surface area contributed by atoms with Gasteiger partial charge in [0, 0.05) is 31.7 Å². The first-order chi connectivity index (χ1) is 7.86. The Morgan fingerprint density at radius 1 is 1.12 bits per heavy atom. The Morgan fingerprint density at radius 3 is 2.24 bits per heavy atom. The van der Waals surface area contributed by atoms with Gasteiger partial charge >= 0.3 is 0 Å². The average Bonchev–Trinajstić information content (AvgIpc) is 2.57. The fraction of sp³-hybridized carbons (Fsp3) is 1.00. The van der Waals surface area contributed by atoms with Crippen LogP contribution in [0.3, 0.4) is 0 Å². The van der Waals surface area contributed by atoms with Crippen LogP contribution in [0.4, 0.5) is 0 Å². The van der Waals surface area contributed by atoms with Crippen molar-refractivity contribution in [2.24, 2.45) is 17.8 Å². The van der Waals surface area contributed by atoms with Crippen molar-refractivity contribution in [1.29, 1.82) is 0 Å². The molecular formula is C15H30N2. The summed E-state index contributed by atoms with van der Waals surface area (Å²) in [5.41, 5.74) is 0.365. The van der Waals surface area contributed by atoms with Crippen molar-refractivity contribution in [3.8, 4) is 0 Å². The van der Waals surface area contributed by atoms with Crippen LogP contribution in [0.5, 0.6) is 0 Å². The zero-order valence-corrected chi connectivity index (χ0v) is 12.4. The summed E-state index contributed by atoms with van der Waals surface area (Å²) >= 11 is 0. The molecule has 0 amide bonds. The third-order valence-corrected chi connectivity index (χ3v) is 4.68. The van der Waals surface area contributed by atoms with Gasteiger partial charge in [-0.15, -0.1) is 0 Å². The van der Waals surface area contributed by atoms with Gasteiger partial charge in [0.2, 0.25) is 0 Å². The molecule has 17 heavy (non-hydrogen) atoms. The largest absolute Gasteiger partial charge is 0.302 e. The maximum absolute atomic E-state index is 2.67. The van der Waals surface area contributed by atoms with Crippen LogP contribution in [0, 0.1) is 17.8 Å². The lowest BCUT2D eigenvalue weighted by Crippen LogP contribution is -2.51. The van der Waals surface area contributed by atoms with E-state index in [0.29, 0.717) is 5.54 Å². The maximum atomic E-state index is 2.67. The lowest BCUT2D eigenvalue weighted by atomic mass is 9.87. The van der Waals surface area contributed by atoms with Gasteiger partial charge < -0.3 is 4.90 Å². The summed E-state index contributed by atoms with van der Waals surface area (Å²) in [4.78, 5) is 5.32. The second-order valence-corrected chi connectivity index (χ2v) is 7.49. The predicted octanol–water partition coefficient (Wildman–Crippen LogP) is 2.69. The minimum atomic E-state index is 0.365. The van der Waals surface area contributed by atoms with Gasteiger partial charge in [0.05, 0.1) is 0 Å². The van der Waals surface area contributed by atoms with Gasteiger partial charge in [-0.25, -0.2) is 0 Å². The van der Waals surface area contributed by atoms with Crippen molar-refractivity contribution >= 4 is 0 Å². The highest BCUT2D eigenvalue weighted by atomic mass is 15.2. The summed E-state index contributed by atoms with van der Waals surface area (Å²) in [6.07, 6.45) is 1.40. The van der Waals surface area contributed by atoms with Crippen molar-refractivity contribution in [3.05, 3.63) is 0 Å². The Kier molecular flexibility index (Phi) is 3.84. The molecule has 2 fully saturated rings. The molecule has 0 bridgehead atoms. The van der Waals surface area contributed by atoms with E-state index in [1.807, 2.05) is 0 Å². The van der Waals surface area contributed by atoms with Crippen molar-refractivity contribution in [2.75, 3.05) is 32.7 Å². The van der Waals surface area contributed by atoms with E-state index in [1.54, 1.807) is 0 Å². The van der Waals surface area contributed by atoms with Crippen LogP contribution in [0.1, 0.15) is 41.0 Å². The number of rotatable bonds is 3. The third-order valence-electron chi connectivity index (χ3n) is 4.68. The highest BCUT2D eigenvalue weighted by Gasteiger charge is 2.34. The minimum Gasteiger partial charge on any atom is -0.302 e. The molecule has 0 radical (unpaired) electrons. The van der Waals surface area contributed by atoms with E-state index in [4.69, 9.17) is 0 Å². The summed E-state index contributed by atoms with van der Waals surface area (Å²) < 4.78 is 0. The second-order valence-electron chi connectivity index (χ2n) is 7.49. The van der Waals surface area contributed by atoms with Crippen molar-refractivity contribution in [2.45, 2.75) is 46.6 Å². The molecule has 0 saturated carbocycles. The van der Waals surface area contributed by atoms with E-state index < -0.39 is 0 Å². The Morgan fingerprint density at radius 2 is 1.76 bits per heavy atom. The van der Waals surface area contributed by atoms with E-state index in [0.717, 1.165) is 17.8 Å². The molecular weight excluding hydrogens is 208 g/mol. The van der Waals surface area contributed by atoms with Crippen LogP contribution in [0.2, 0.25) is 0 Å². The molecule has 0 unspecified atom stereocenters. The van der Waals surface area contributed by atoms with Gasteiger partial charge in [-0.1, -0.05) is 13.8 Å². The van der Waals surface area contributed by atoms with Crippen LogP contribution in [0.25, 0.3) is 0 Å². The standard InChI is InChI=1S/C15H30N2/c1-12(2)14-10-16(11-14)8-13-6-7-17(9-13)15(3,4)5/h12-14H,6-11H2,1-5H3/t13-/m1/s1. The fourth-order valence-corrected chi connectivity index (χ4v) is 3.14. The van der Waals surface area contributed by atoms with E-state index in [-0.39, 0.29) is 0 Å². The number of likely N-dealkylation sites (tertiary alicyclic amines) is 2. The SMILES string of the molecule is CC(C)C1CN(C[C@H]2CCN(C(C)(C)C)C2)C1. The summed E-state index contributed by atoms with van der Waals surface area (Å²) in [5.74, 6) is 2.76. The molecule has 0 aromatic heterocycles. The maximum Gasteiger partial charge on any atom is 0.0125 e. The molecule has 2 aliphatic rings. The average molecular weight is 238 g/mol. The van der Waals surface area contributed by atoms with Crippen LogP contribution >= 0.6 is 0 Å². The normalized spacial score (nSPS) is 28.9. The van der Waals surface area contributed by atoms with Crippen molar-refractivity contribution in [3.63, 3.8) is 0 Å². The van der Waals surface area contributed by atoms with Gasteiger partial charge in [-0.05, 0) is 51.5 Å². The van der Waals surface area contributed by atoms with E-state index in [1.165, 1.54) is 39.1 Å². The highest BCUT2D eigenvalue weighted by molar-refractivity contribution is 4.89. The molecule has 0 aliphatic carbocycles. The lowest BCUT2D eigenvalue weighted by Gasteiger charge is -2.43. The Hall–Kier alpha value is -0.0800. The summed E-state index contributed by atoms with van der Waals surface area (Å²) in [5, 5.41) is 0. The lowest BCUT2D eigenvalue weighted by molar-refractivity contribution is 0.0521. The smallest absolute Gasteiger partial charge is 0.0125 e. The van der Waals surface area contributed by atoms with Crippen LogP contribution in [0.15, 0.2) is 0 Å². The molecule has 1 atom stereocenters. The fourth-order valence-electron chi connectivity index (χ4n) is 3.14. The van der Waals surface area contributed by atoms with Crippen LogP contribution < -0.4 is 0 Å². The third kappa shape index (κ3) is 3.23. The van der Waals surface area contributed by atoms with E-state index in [2.05, 4.69) is 44.4 Å². The molecule has 0 aromatic rings. The summed E-state index contributed by atoms with van der Waals surface area (Å²) in [7, 11) is 0. The molecule has 2 heteroatoms. The second kappa shape index (κ2) is 4.89. The van der Waals surface area contributed by atoms with Gasteiger partial charge in [-0.2, -0.15) is 0 Å². The summed E-state index contributed by atoms with van der Waals surface area (Å²) in [6, 6.07) is 0. The molecule has 2 heterocycles. The zero-order valence-electron chi connectivity index (χ0n) is 12.4. The summed E-state index contributed by atoms with van der Waals surface area (Å²) in [6.45, 7) is 18.4. The van der Waals surface area contributed by atoms with Gasteiger partial charge in [-0.3, -0.25) is 4.90 Å². The molecule has 2 nitrogen and oxygen atoms in total. The number of hydrogen-bond donors (Lipinski definition) is 0. The molecule has 0 N–H and O–H groups in total. The number of nitrogens with zero attached hydrogens (tertiary/aromatic N) is 2. The molecule has 0 spiro atoms. The van der Waals surface area contributed by atoms with Crippen molar-refractivity contribution in [1.82, 2.24) is 9.80 Å². The highest BCUT2D eigenvalue weighted by Crippen LogP contribution is 2.29. The first-order valence-electron chi connectivity index (χ1n) is 7.33. The molecule has 2 aliphatic heterocycles. The first kappa shape index (κ1) is 13.4. The first-order valence-corrected chi connectivity index (χ1v) is 7.33. The predicted molar refractivity (Wildman–Crippen MR) is 74.2 cm³/mol. The molecule has 2 rings (SSSR count). The van der Waals surface area contributed by atoms with Gasteiger partial charge in [0.15, 0.2) is 0 Å². The van der Waals surface area contributed by atoms with Crippen LogP contribution in [-0.4, -0.2) is 48.1 Å². The molecule has 100 valence electrons. The van der Waals surface area contributed by atoms with Crippen LogP contribution in [-0.2, 0) is 0 Å². The van der Waals surface area contributed by atoms with Crippen molar-refractivity contribution < 1.29 is 0 Å². The molecule has 2 saturated heterocycles. The Balaban J connectivity index is 1.70. The Bertz CT molecular complexity index is 248. The zero-order chi connectivity index (χ0) is 12.6. The van der Waals surface area contributed by atoms with E-state index >= 15 is 0 Å². The minimum absolute atomic E-state index is 0.365. The van der Waals surface area contributed by atoms with E-state index in [9.17, 15) is 0 Å². The monoisotopic (exact) mass is 238 g/mol. The Labute approximate surface area is 107 Å². The molecule has 0 aromatic carbocycles. The topological polar surface area (TPSA) is 6.48 Å².